The molecule has 5 nitrogen and oxygen atoms in total. The first-order valence-electron chi connectivity index (χ1n) is 6.59. The number of hydrogen-bond donors (Lipinski definition) is 0. The lowest BCUT2D eigenvalue weighted by atomic mass is 10.1. The topological polar surface area (TPSA) is 51.7 Å². The Hall–Kier alpha value is -2.14. The average molecular weight is 272 g/mol. The molecule has 1 aromatic heterocycles. The number of hydrogen-bond acceptors (Lipinski definition) is 5. The molecule has 0 unspecified atom stereocenters. The lowest BCUT2D eigenvalue weighted by molar-refractivity contribution is 0.111. The standard InChI is InChI=1S/C15H16N2O3/c1-19-13-4-2-3-11-9-12(10-18)15(16-14(11)13)17-5-7-20-8-6-17/h2-4,9-10H,5-8H2,1H3. The molecule has 0 radical (unpaired) electrons. The van der Waals surface area contributed by atoms with Gasteiger partial charge in [-0.15, -0.1) is 0 Å². The molecule has 0 amide bonds. The molecule has 1 fully saturated rings. The van der Waals surface area contributed by atoms with Crippen LogP contribution in [0.4, 0.5) is 5.82 Å². The van der Waals surface area contributed by atoms with E-state index in [1.165, 1.54) is 0 Å². The highest BCUT2D eigenvalue weighted by molar-refractivity contribution is 5.94. The van der Waals surface area contributed by atoms with Crippen LogP contribution in [0.3, 0.4) is 0 Å². The summed E-state index contributed by atoms with van der Waals surface area (Å²) < 4.78 is 10.7. The molecule has 0 bridgehead atoms. The fraction of sp³-hybridized carbons (Fsp3) is 0.333. The first-order valence-corrected chi connectivity index (χ1v) is 6.59. The molecule has 1 aliphatic rings. The van der Waals surface area contributed by atoms with Crippen molar-refractivity contribution in [2.45, 2.75) is 0 Å². The van der Waals surface area contributed by atoms with Gasteiger partial charge in [0.1, 0.15) is 17.1 Å². The highest BCUT2D eigenvalue weighted by Crippen LogP contribution is 2.28. The van der Waals surface area contributed by atoms with E-state index in [4.69, 9.17) is 9.47 Å². The van der Waals surface area contributed by atoms with Crippen LogP contribution in [0.5, 0.6) is 5.75 Å². The minimum Gasteiger partial charge on any atom is -0.494 e. The maximum absolute atomic E-state index is 11.3. The van der Waals surface area contributed by atoms with Crippen LogP contribution >= 0.6 is 0 Å². The normalized spacial score (nSPS) is 15.3. The van der Waals surface area contributed by atoms with Crippen molar-refractivity contribution in [1.82, 2.24) is 4.98 Å². The molecule has 2 heterocycles. The molecule has 1 aliphatic heterocycles. The van der Waals surface area contributed by atoms with Gasteiger partial charge < -0.3 is 14.4 Å². The van der Waals surface area contributed by atoms with Crippen molar-refractivity contribution in [3.05, 3.63) is 29.8 Å². The third-order valence-electron chi connectivity index (χ3n) is 3.47. The lowest BCUT2D eigenvalue weighted by Crippen LogP contribution is -2.37. The summed E-state index contributed by atoms with van der Waals surface area (Å²) in [5.41, 5.74) is 1.38. The Balaban J connectivity index is 2.16. The number of pyridine rings is 1. The number of aromatic nitrogens is 1. The first kappa shape index (κ1) is 12.9. The summed E-state index contributed by atoms with van der Waals surface area (Å²) in [4.78, 5) is 18.1. The smallest absolute Gasteiger partial charge is 0.153 e. The van der Waals surface area contributed by atoms with Crippen LogP contribution in [0, 0.1) is 0 Å². The van der Waals surface area contributed by atoms with Gasteiger partial charge in [-0.2, -0.15) is 0 Å². The summed E-state index contributed by atoms with van der Waals surface area (Å²) in [7, 11) is 1.62. The number of fused-ring (bicyclic) bond motifs is 1. The van der Waals surface area contributed by atoms with Crippen molar-refractivity contribution in [3.63, 3.8) is 0 Å². The molecular weight excluding hydrogens is 256 g/mol. The Bertz CT molecular complexity index is 636. The minimum absolute atomic E-state index is 0.604. The van der Waals surface area contributed by atoms with Gasteiger partial charge in [-0.1, -0.05) is 12.1 Å². The number of rotatable bonds is 3. The van der Waals surface area contributed by atoms with Crippen LogP contribution < -0.4 is 9.64 Å². The number of carbonyl (C=O) groups is 1. The van der Waals surface area contributed by atoms with Gasteiger partial charge in [0.15, 0.2) is 6.29 Å². The van der Waals surface area contributed by atoms with Crippen molar-refractivity contribution in [3.8, 4) is 5.75 Å². The Labute approximate surface area is 117 Å². The second-order valence-corrected chi connectivity index (χ2v) is 4.65. The van der Waals surface area contributed by atoms with E-state index in [9.17, 15) is 4.79 Å². The van der Waals surface area contributed by atoms with E-state index in [0.717, 1.165) is 36.0 Å². The largest absolute Gasteiger partial charge is 0.494 e. The number of methoxy groups -OCH3 is 1. The van der Waals surface area contributed by atoms with Gasteiger partial charge in [-0.05, 0) is 12.1 Å². The molecule has 1 aromatic carbocycles. The number of anilines is 1. The quantitative estimate of drug-likeness (QED) is 0.799. The fourth-order valence-corrected chi connectivity index (χ4v) is 2.46. The van der Waals surface area contributed by atoms with Crippen molar-refractivity contribution in [2.75, 3.05) is 38.3 Å². The van der Waals surface area contributed by atoms with E-state index in [0.29, 0.717) is 24.6 Å². The molecule has 5 heteroatoms. The van der Waals surface area contributed by atoms with Crippen LogP contribution in [0.1, 0.15) is 10.4 Å². The van der Waals surface area contributed by atoms with Crippen LogP contribution in [0.2, 0.25) is 0 Å². The van der Waals surface area contributed by atoms with E-state index in [1.54, 1.807) is 7.11 Å². The molecule has 0 saturated carbocycles. The number of benzene rings is 1. The number of carbonyl (C=O) groups excluding carboxylic acids is 1. The number of nitrogens with zero attached hydrogens (tertiary/aromatic N) is 2. The average Bonchev–Trinajstić information content (AvgIpc) is 2.53. The van der Waals surface area contributed by atoms with Gasteiger partial charge in [0.25, 0.3) is 0 Å². The van der Waals surface area contributed by atoms with Gasteiger partial charge in [-0.3, -0.25) is 4.79 Å². The Kier molecular flexibility index (Phi) is 3.52. The van der Waals surface area contributed by atoms with E-state index in [2.05, 4.69) is 9.88 Å². The predicted molar refractivity (Wildman–Crippen MR) is 76.7 cm³/mol. The van der Waals surface area contributed by atoms with Crippen LogP contribution in [-0.4, -0.2) is 44.7 Å². The van der Waals surface area contributed by atoms with Crippen molar-refractivity contribution >= 4 is 23.0 Å². The third kappa shape index (κ3) is 2.20. The molecule has 0 N–H and O–H groups in total. The summed E-state index contributed by atoms with van der Waals surface area (Å²) >= 11 is 0. The monoisotopic (exact) mass is 272 g/mol. The van der Waals surface area contributed by atoms with Crippen molar-refractivity contribution in [1.29, 1.82) is 0 Å². The lowest BCUT2D eigenvalue weighted by Gasteiger charge is -2.29. The van der Waals surface area contributed by atoms with Crippen LogP contribution in [0.25, 0.3) is 10.9 Å². The van der Waals surface area contributed by atoms with Crippen molar-refractivity contribution in [2.24, 2.45) is 0 Å². The molecule has 3 rings (SSSR count). The van der Waals surface area contributed by atoms with Gasteiger partial charge >= 0.3 is 0 Å². The predicted octanol–water partition coefficient (Wildman–Crippen LogP) is 1.89. The molecule has 0 atom stereocenters. The summed E-state index contributed by atoms with van der Waals surface area (Å²) in [6, 6.07) is 7.56. The zero-order chi connectivity index (χ0) is 13.9. The maximum atomic E-state index is 11.3. The van der Waals surface area contributed by atoms with Gasteiger partial charge in [-0.25, -0.2) is 4.98 Å². The molecule has 1 saturated heterocycles. The molecule has 2 aromatic rings. The number of morpholine rings is 1. The molecule has 20 heavy (non-hydrogen) atoms. The Morgan fingerprint density at radius 1 is 1.35 bits per heavy atom. The molecule has 104 valence electrons. The highest BCUT2D eigenvalue weighted by Gasteiger charge is 2.18. The number of aldehydes is 1. The van der Waals surface area contributed by atoms with E-state index in [1.807, 2.05) is 24.3 Å². The second kappa shape index (κ2) is 5.46. The fourth-order valence-electron chi connectivity index (χ4n) is 2.46. The van der Waals surface area contributed by atoms with E-state index < -0.39 is 0 Å². The Morgan fingerprint density at radius 2 is 2.15 bits per heavy atom. The number of ether oxygens (including phenoxy) is 2. The summed E-state index contributed by atoms with van der Waals surface area (Å²) in [5.74, 6) is 1.43. The minimum atomic E-state index is 0.604. The van der Waals surface area contributed by atoms with E-state index in [-0.39, 0.29) is 0 Å². The maximum Gasteiger partial charge on any atom is 0.153 e. The third-order valence-corrected chi connectivity index (χ3v) is 3.47. The summed E-state index contributed by atoms with van der Waals surface area (Å²) in [6.45, 7) is 2.80. The number of para-hydroxylation sites is 1. The zero-order valence-electron chi connectivity index (χ0n) is 11.3. The van der Waals surface area contributed by atoms with Gasteiger partial charge in [0, 0.05) is 18.5 Å². The first-order chi connectivity index (χ1) is 9.83. The SMILES string of the molecule is COc1cccc2cc(C=O)c(N3CCOCC3)nc12. The molecule has 0 spiro atoms. The van der Waals surface area contributed by atoms with Gasteiger partial charge in [0.2, 0.25) is 0 Å². The zero-order valence-corrected chi connectivity index (χ0v) is 11.3. The van der Waals surface area contributed by atoms with Gasteiger partial charge in [0.05, 0.1) is 25.9 Å². The summed E-state index contributed by atoms with van der Waals surface area (Å²) in [5, 5.41) is 0.906. The van der Waals surface area contributed by atoms with E-state index >= 15 is 0 Å². The molecule has 0 aliphatic carbocycles. The van der Waals surface area contributed by atoms with Crippen LogP contribution in [0.15, 0.2) is 24.3 Å². The van der Waals surface area contributed by atoms with Crippen molar-refractivity contribution < 1.29 is 14.3 Å². The van der Waals surface area contributed by atoms with Crippen LogP contribution in [-0.2, 0) is 4.74 Å². The summed E-state index contributed by atoms with van der Waals surface area (Å²) in [6.07, 6.45) is 0.858. The highest BCUT2D eigenvalue weighted by atomic mass is 16.5. The Morgan fingerprint density at radius 3 is 2.85 bits per heavy atom. The molecular formula is C15H16N2O3. The second-order valence-electron chi connectivity index (χ2n) is 4.65.